The van der Waals surface area contributed by atoms with E-state index in [-0.39, 0.29) is 35.4 Å². The number of aryl methyl sites for hydroxylation is 1. The summed E-state index contributed by atoms with van der Waals surface area (Å²) in [7, 11) is 0. The molecule has 1 N–H and O–H groups in total. The first-order chi connectivity index (χ1) is 18.6. The summed E-state index contributed by atoms with van der Waals surface area (Å²) in [5.74, 6) is -0.431. The molecule has 0 saturated heterocycles. The van der Waals surface area contributed by atoms with E-state index < -0.39 is 28.8 Å². The Labute approximate surface area is 222 Å². The number of hydrogen-bond acceptors (Lipinski definition) is 7. The average molecular weight is 551 g/mol. The lowest BCUT2D eigenvalue weighted by atomic mass is 10.0. The fourth-order valence-corrected chi connectivity index (χ4v) is 5.36. The van der Waals surface area contributed by atoms with Gasteiger partial charge < -0.3 is 9.84 Å². The summed E-state index contributed by atoms with van der Waals surface area (Å²) in [5, 5.41) is 20.2. The molecule has 3 heterocycles. The van der Waals surface area contributed by atoms with Crippen LogP contribution in [0.4, 0.5) is 13.2 Å². The Morgan fingerprint density at radius 2 is 1.97 bits per heavy atom. The molecule has 0 radical (unpaired) electrons. The molecule has 39 heavy (non-hydrogen) atoms. The van der Waals surface area contributed by atoms with E-state index in [0.29, 0.717) is 27.6 Å². The van der Waals surface area contributed by atoms with Crippen molar-refractivity contribution in [1.29, 1.82) is 5.26 Å². The van der Waals surface area contributed by atoms with Gasteiger partial charge in [-0.25, -0.2) is 9.78 Å². The van der Waals surface area contributed by atoms with E-state index in [9.17, 15) is 33.1 Å². The van der Waals surface area contributed by atoms with Gasteiger partial charge in [-0.15, -0.1) is 11.3 Å². The molecule has 2 aromatic carbocycles. The van der Waals surface area contributed by atoms with Crippen molar-refractivity contribution in [2.45, 2.75) is 19.6 Å². The number of thiophene rings is 1. The van der Waals surface area contributed by atoms with E-state index in [0.717, 1.165) is 11.6 Å². The lowest BCUT2D eigenvalue weighted by Gasteiger charge is -2.15. The Bertz CT molecular complexity index is 1870. The standard InChI is InChI=1S/C27H17F3N4O4S/c1-14-33-20-11-16(27(28,29)30)10-15(12-31)22(20)25(35)34(14)8-9-38-21-5-3-2-4-17(21)18-6-7-32-23-19(26(36)37)13-39-24(18)23/h2-7,10-11,13H,8-9H2,1H3,(H,36,37). The molecule has 0 saturated carbocycles. The maximum atomic E-state index is 13.3. The molecule has 5 aromatic rings. The van der Waals surface area contributed by atoms with Crippen molar-refractivity contribution in [3.8, 4) is 22.9 Å². The summed E-state index contributed by atoms with van der Waals surface area (Å²) in [6.07, 6.45) is -3.17. The average Bonchev–Trinajstić information content (AvgIpc) is 3.34. The molecular weight excluding hydrogens is 533 g/mol. The van der Waals surface area contributed by atoms with E-state index in [2.05, 4.69) is 9.97 Å². The predicted octanol–water partition coefficient (Wildman–Crippen LogP) is 5.65. The van der Waals surface area contributed by atoms with Gasteiger partial charge in [-0.05, 0) is 31.2 Å². The van der Waals surface area contributed by atoms with Crippen molar-refractivity contribution in [2.75, 3.05) is 6.61 Å². The minimum Gasteiger partial charge on any atom is -0.491 e. The first-order valence-corrected chi connectivity index (χ1v) is 12.3. The van der Waals surface area contributed by atoms with E-state index >= 15 is 0 Å². The number of nitriles is 1. The van der Waals surface area contributed by atoms with Crippen LogP contribution in [0.25, 0.3) is 32.2 Å². The van der Waals surface area contributed by atoms with E-state index in [4.69, 9.17) is 4.74 Å². The number of carbonyl (C=O) groups is 1. The summed E-state index contributed by atoms with van der Waals surface area (Å²) in [6, 6.07) is 12.0. The molecule has 0 aliphatic rings. The van der Waals surface area contributed by atoms with Crippen LogP contribution >= 0.6 is 11.3 Å². The maximum absolute atomic E-state index is 13.3. The van der Waals surface area contributed by atoms with Gasteiger partial charge in [0.2, 0.25) is 0 Å². The maximum Gasteiger partial charge on any atom is 0.416 e. The summed E-state index contributed by atoms with van der Waals surface area (Å²) < 4.78 is 47.7. The Hall–Kier alpha value is -4.76. The minimum absolute atomic E-state index is 0.00646. The number of aromatic carboxylic acids is 1. The van der Waals surface area contributed by atoms with Crippen molar-refractivity contribution in [1.82, 2.24) is 14.5 Å². The van der Waals surface area contributed by atoms with Crippen LogP contribution in [-0.2, 0) is 12.7 Å². The van der Waals surface area contributed by atoms with Crippen LogP contribution in [0.1, 0.15) is 27.3 Å². The number of para-hydroxylation sites is 1. The van der Waals surface area contributed by atoms with Crippen LogP contribution < -0.4 is 10.3 Å². The van der Waals surface area contributed by atoms with Gasteiger partial charge in [-0.3, -0.25) is 14.3 Å². The molecule has 196 valence electrons. The number of fused-ring (bicyclic) bond motifs is 2. The molecule has 0 unspecified atom stereocenters. The van der Waals surface area contributed by atoms with Gasteiger partial charge in [-0.1, -0.05) is 18.2 Å². The Morgan fingerprint density at radius 3 is 2.69 bits per heavy atom. The third-order valence-corrected chi connectivity index (χ3v) is 7.13. The topological polar surface area (TPSA) is 118 Å². The molecule has 0 atom stereocenters. The quantitative estimate of drug-likeness (QED) is 0.290. The van der Waals surface area contributed by atoms with Crippen molar-refractivity contribution in [3.63, 3.8) is 0 Å². The second-order valence-corrected chi connectivity index (χ2v) is 9.36. The lowest BCUT2D eigenvalue weighted by Crippen LogP contribution is -2.27. The molecule has 0 bridgehead atoms. The fourth-order valence-electron chi connectivity index (χ4n) is 4.33. The highest BCUT2D eigenvalue weighted by molar-refractivity contribution is 7.18. The zero-order chi connectivity index (χ0) is 27.9. The highest BCUT2D eigenvalue weighted by Gasteiger charge is 2.32. The van der Waals surface area contributed by atoms with Crippen molar-refractivity contribution < 1.29 is 27.8 Å². The van der Waals surface area contributed by atoms with Crippen LogP contribution in [0.3, 0.4) is 0 Å². The number of alkyl halides is 3. The van der Waals surface area contributed by atoms with E-state index in [1.165, 1.54) is 34.4 Å². The van der Waals surface area contributed by atoms with E-state index in [1.54, 1.807) is 30.3 Å². The van der Waals surface area contributed by atoms with Crippen LogP contribution in [0.15, 0.2) is 58.8 Å². The second kappa shape index (κ2) is 9.85. The third kappa shape index (κ3) is 4.68. The molecule has 5 rings (SSSR count). The molecule has 0 fully saturated rings. The Balaban J connectivity index is 1.47. The molecule has 8 nitrogen and oxygen atoms in total. The monoisotopic (exact) mass is 550 g/mol. The van der Waals surface area contributed by atoms with Gasteiger partial charge in [0.15, 0.2) is 0 Å². The van der Waals surface area contributed by atoms with E-state index in [1.807, 2.05) is 6.07 Å². The molecule has 0 aliphatic carbocycles. The van der Waals surface area contributed by atoms with Crippen LogP contribution in [0.2, 0.25) is 0 Å². The van der Waals surface area contributed by atoms with Crippen molar-refractivity contribution in [2.24, 2.45) is 0 Å². The summed E-state index contributed by atoms with van der Waals surface area (Å²) in [4.78, 5) is 33.1. The van der Waals surface area contributed by atoms with Crippen molar-refractivity contribution >= 4 is 38.4 Å². The molecule has 0 amide bonds. The zero-order valence-corrected chi connectivity index (χ0v) is 20.9. The first kappa shape index (κ1) is 25.9. The number of ether oxygens (including phenoxy) is 1. The molecular formula is C27H17F3N4O4S. The number of halogens is 3. The largest absolute Gasteiger partial charge is 0.491 e. The summed E-state index contributed by atoms with van der Waals surface area (Å²) in [6.45, 7) is 1.51. The number of carboxylic acids is 1. The number of aromatic nitrogens is 3. The molecule has 0 spiro atoms. The second-order valence-electron chi connectivity index (χ2n) is 8.48. The number of carboxylic acid groups (broad SMARTS) is 1. The molecule has 0 aliphatic heterocycles. The van der Waals surface area contributed by atoms with Gasteiger partial charge in [-0.2, -0.15) is 18.4 Å². The summed E-state index contributed by atoms with van der Waals surface area (Å²) in [5.41, 5.74) is -0.416. The normalized spacial score (nSPS) is 11.6. The summed E-state index contributed by atoms with van der Waals surface area (Å²) >= 11 is 1.25. The highest BCUT2D eigenvalue weighted by atomic mass is 32.1. The zero-order valence-electron chi connectivity index (χ0n) is 20.1. The number of rotatable bonds is 6. The number of hydrogen-bond donors (Lipinski definition) is 1. The highest BCUT2D eigenvalue weighted by Crippen LogP contribution is 2.38. The van der Waals surface area contributed by atoms with Crippen LogP contribution in [-0.4, -0.2) is 32.2 Å². The molecule has 3 aromatic heterocycles. The SMILES string of the molecule is Cc1nc2cc(C(F)(F)F)cc(C#N)c2c(=O)n1CCOc1ccccc1-c1ccnc2c(C(=O)O)csc12. The van der Waals surface area contributed by atoms with Gasteiger partial charge in [0.25, 0.3) is 5.56 Å². The van der Waals surface area contributed by atoms with Gasteiger partial charge in [0.1, 0.15) is 24.3 Å². The van der Waals surface area contributed by atoms with Gasteiger partial charge in [0.05, 0.1) is 44.4 Å². The Kier molecular flexibility index (Phi) is 6.53. The minimum atomic E-state index is -4.69. The molecule has 12 heteroatoms. The Morgan fingerprint density at radius 1 is 1.21 bits per heavy atom. The number of benzene rings is 2. The lowest BCUT2D eigenvalue weighted by molar-refractivity contribution is -0.137. The smallest absolute Gasteiger partial charge is 0.416 e. The van der Waals surface area contributed by atoms with Gasteiger partial charge in [0, 0.05) is 22.7 Å². The third-order valence-electron chi connectivity index (χ3n) is 6.13. The first-order valence-electron chi connectivity index (χ1n) is 11.4. The van der Waals surface area contributed by atoms with Crippen LogP contribution in [0, 0.1) is 18.3 Å². The van der Waals surface area contributed by atoms with Gasteiger partial charge >= 0.3 is 12.1 Å². The van der Waals surface area contributed by atoms with Crippen molar-refractivity contribution in [3.05, 3.63) is 86.9 Å². The number of pyridine rings is 1. The van der Waals surface area contributed by atoms with Crippen LogP contribution in [0.5, 0.6) is 5.75 Å². The number of nitrogens with zero attached hydrogens (tertiary/aromatic N) is 4. The predicted molar refractivity (Wildman–Crippen MR) is 138 cm³/mol. The fraction of sp³-hybridized carbons (Fsp3) is 0.148.